The lowest BCUT2D eigenvalue weighted by atomic mass is 10.2. The van der Waals surface area contributed by atoms with Crippen LogP contribution in [0.3, 0.4) is 0 Å². The molecule has 2 aromatic carbocycles. The van der Waals surface area contributed by atoms with Crippen molar-refractivity contribution in [1.82, 2.24) is 0 Å². The first-order valence-electron chi connectivity index (χ1n) is 7.04. The highest BCUT2D eigenvalue weighted by Crippen LogP contribution is 2.35. The highest BCUT2D eigenvalue weighted by molar-refractivity contribution is 7.90. The van der Waals surface area contributed by atoms with Crippen LogP contribution >= 0.6 is 11.6 Å². The summed E-state index contributed by atoms with van der Waals surface area (Å²) in [5.41, 5.74) is 0.250. The summed E-state index contributed by atoms with van der Waals surface area (Å²) >= 11 is 6.04. The van der Waals surface area contributed by atoms with Crippen molar-refractivity contribution in [3.63, 3.8) is 0 Å². The number of halogens is 2. The summed E-state index contributed by atoms with van der Waals surface area (Å²) < 4.78 is 42.1. The molecule has 25 heavy (non-hydrogen) atoms. The fourth-order valence-corrected chi connectivity index (χ4v) is 2.84. The molecule has 0 heterocycles. The minimum absolute atomic E-state index is 0.0157. The fourth-order valence-electron chi connectivity index (χ4n) is 1.91. The molecule has 0 saturated heterocycles. The van der Waals surface area contributed by atoms with Gasteiger partial charge in [0.1, 0.15) is 17.6 Å². The summed E-state index contributed by atoms with van der Waals surface area (Å²) in [6.07, 6.45) is 1.04. The number of aliphatic carboxylic acids is 1. The Hall–Kier alpha value is -2.32. The van der Waals surface area contributed by atoms with E-state index >= 15 is 0 Å². The van der Waals surface area contributed by atoms with Crippen molar-refractivity contribution in [2.75, 3.05) is 11.6 Å². The van der Waals surface area contributed by atoms with Gasteiger partial charge in [-0.3, -0.25) is 4.79 Å². The summed E-state index contributed by atoms with van der Waals surface area (Å²) in [5.74, 6) is -1.56. The second-order valence-electron chi connectivity index (χ2n) is 5.31. The SMILES string of the molecule is C[C@@H](Nc1ccc(F)cc1Oc1ccc(S(C)(=O)=O)cc1Cl)C(=O)O. The highest BCUT2D eigenvalue weighted by atomic mass is 35.5. The first kappa shape index (κ1) is 19.0. The summed E-state index contributed by atoms with van der Waals surface area (Å²) in [7, 11) is -3.43. The second-order valence-corrected chi connectivity index (χ2v) is 7.73. The van der Waals surface area contributed by atoms with Gasteiger partial charge in [-0.2, -0.15) is 0 Å². The van der Waals surface area contributed by atoms with Crippen LogP contribution in [-0.4, -0.2) is 31.8 Å². The Morgan fingerprint density at radius 2 is 1.92 bits per heavy atom. The molecule has 134 valence electrons. The van der Waals surface area contributed by atoms with E-state index in [0.717, 1.165) is 18.4 Å². The van der Waals surface area contributed by atoms with Gasteiger partial charge < -0.3 is 15.2 Å². The van der Waals surface area contributed by atoms with Gasteiger partial charge in [-0.1, -0.05) is 11.6 Å². The molecule has 2 N–H and O–H groups in total. The molecule has 0 aliphatic carbocycles. The molecule has 6 nitrogen and oxygen atoms in total. The predicted octanol–water partition coefficient (Wildman–Crippen LogP) is 3.56. The number of carboxylic acid groups (broad SMARTS) is 1. The molecule has 0 radical (unpaired) electrons. The molecule has 2 aromatic rings. The molecule has 0 saturated carbocycles. The molecule has 9 heteroatoms. The van der Waals surface area contributed by atoms with Gasteiger partial charge in [-0.05, 0) is 37.3 Å². The van der Waals surface area contributed by atoms with E-state index in [9.17, 15) is 17.6 Å². The van der Waals surface area contributed by atoms with E-state index in [1.165, 1.54) is 31.2 Å². The predicted molar refractivity (Wildman–Crippen MR) is 91.8 cm³/mol. The molecule has 2 rings (SSSR count). The summed E-state index contributed by atoms with van der Waals surface area (Å²) in [6, 6.07) is 6.49. The summed E-state index contributed by atoms with van der Waals surface area (Å²) in [4.78, 5) is 11.0. The van der Waals surface area contributed by atoms with E-state index in [2.05, 4.69) is 5.32 Å². The number of rotatable bonds is 6. The maximum Gasteiger partial charge on any atom is 0.325 e. The van der Waals surface area contributed by atoms with Gasteiger partial charge in [0.25, 0.3) is 0 Å². The Morgan fingerprint density at radius 3 is 2.48 bits per heavy atom. The van der Waals surface area contributed by atoms with Gasteiger partial charge >= 0.3 is 5.97 Å². The first-order valence-corrected chi connectivity index (χ1v) is 9.31. The molecular formula is C16H15ClFNO5S. The van der Waals surface area contributed by atoms with E-state index in [-0.39, 0.29) is 27.1 Å². The maximum atomic E-state index is 13.5. The average molecular weight is 388 g/mol. The van der Waals surface area contributed by atoms with Crippen molar-refractivity contribution in [1.29, 1.82) is 0 Å². The van der Waals surface area contributed by atoms with Crippen LogP contribution in [0.4, 0.5) is 10.1 Å². The molecule has 0 spiro atoms. The third-order valence-corrected chi connectivity index (χ3v) is 4.64. The standard InChI is InChI=1S/C16H15ClFNO5S/c1-9(16(20)21)19-13-5-3-10(18)7-15(13)24-14-6-4-11(8-12(14)17)25(2,22)23/h3-9,19H,1-2H3,(H,20,21)/t9-/m1/s1. The zero-order valence-corrected chi connectivity index (χ0v) is 14.9. The number of carbonyl (C=O) groups is 1. The van der Waals surface area contributed by atoms with Crippen molar-refractivity contribution < 1.29 is 27.4 Å². The molecule has 0 amide bonds. The van der Waals surface area contributed by atoms with Crippen molar-refractivity contribution in [3.05, 3.63) is 47.2 Å². The number of sulfone groups is 1. The van der Waals surface area contributed by atoms with Crippen LogP contribution < -0.4 is 10.1 Å². The summed E-state index contributed by atoms with van der Waals surface area (Å²) in [5, 5.41) is 11.7. The van der Waals surface area contributed by atoms with Crippen LogP contribution in [0.5, 0.6) is 11.5 Å². The quantitative estimate of drug-likeness (QED) is 0.787. The molecule has 0 aliphatic rings. The number of hydrogen-bond acceptors (Lipinski definition) is 5. The minimum Gasteiger partial charge on any atom is -0.480 e. The molecule has 0 aromatic heterocycles. The zero-order valence-electron chi connectivity index (χ0n) is 13.3. The molecule has 0 bridgehead atoms. The Morgan fingerprint density at radius 1 is 1.24 bits per heavy atom. The Labute approximate surface area is 149 Å². The lowest BCUT2D eigenvalue weighted by Crippen LogP contribution is -2.25. The van der Waals surface area contributed by atoms with Gasteiger partial charge in [-0.15, -0.1) is 0 Å². The molecule has 0 aliphatic heterocycles. The van der Waals surface area contributed by atoms with Gasteiger partial charge in [-0.25, -0.2) is 12.8 Å². The van der Waals surface area contributed by atoms with E-state index in [4.69, 9.17) is 21.4 Å². The number of anilines is 1. The first-order chi connectivity index (χ1) is 11.6. The van der Waals surface area contributed by atoms with Crippen molar-refractivity contribution in [3.8, 4) is 11.5 Å². The van der Waals surface area contributed by atoms with E-state index in [0.29, 0.717) is 0 Å². The summed E-state index contributed by atoms with van der Waals surface area (Å²) in [6.45, 7) is 1.42. The molecule has 0 unspecified atom stereocenters. The Balaban J connectivity index is 2.37. The van der Waals surface area contributed by atoms with Crippen LogP contribution in [0, 0.1) is 5.82 Å². The van der Waals surface area contributed by atoms with Gasteiger partial charge in [0, 0.05) is 12.3 Å². The monoisotopic (exact) mass is 387 g/mol. The third kappa shape index (κ3) is 4.83. The number of nitrogens with one attached hydrogen (secondary N) is 1. The molecule has 1 atom stereocenters. The zero-order chi connectivity index (χ0) is 18.8. The normalized spacial score (nSPS) is 12.5. The second kappa shape index (κ2) is 7.28. The highest BCUT2D eigenvalue weighted by Gasteiger charge is 2.16. The average Bonchev–Trinajstić information content (AvgIpc) is 2.50. The van der Waals surface area contributed by atoms with Crippen LogP contribution in [0.2, 0.25) is 5.02 Å². The van der Waals surface area contributed by atoms with Gasteiger partial charge in [0.2, 0.25) is 0 Å². The Bertz CT molecular complexity index is 917. The van der Waals surface area contributed by atoms with Crippen LogP contribution in [-0.2, 0) is 14.6 Å². The fraction of sp³-hybridized carbons (Fsp3) is 0.188. The minimum atomic E-state index is -3.43. The number of ether oxygens (including phenoxy) is 1. The van der Waals surface area contributed by atoms with E-state index < -0.39 is 27.7 Å². The van der Waals surface area contributed by atoms with Crippen molar-refractivity contribution in [2.45, 2.75) is 17.9 Å². The third-order valence-electron chi connectivity index (χ3n) is 3.24. The van der Waals surface area contributed by atoms with Crippen LogP contribution in [0.25, 0.3) is 0 Å². The Kier molecular flexibility index (Phi) is 5.54. The van der Waals surface area contributed by atoms with Crippen molar-refractivity contribution >= 4 is 33.1 Å². The van der Waals surface area contributed by atoms with E-state index in [1.807, 2.05) is 0 Å². The largest absolute Gasteiger partial charge is 0.480 e. The van der Waals surface area contributed by atoms with Crippen LogP contribution in [0.1, 0.15) is 6.92 Å². The topological polar surface area (TPSA) is 92.7 Å². The lowest BCUT2D eigenvalue weighted by Gasteiger charge is -2.16. The molecule has 0 fully saturated rings. The maximum absolute atomic E-state index is 13.5. The number of benzene rings is 2. The molecular weight excluding hydrogens is 373 g/mol. The number of carboxylic acids is 1. The smallest absolute Gasteiger partial charge is 0.325 e. The number of hydrogen-bond donors (Lipinski definition) is 2. The van der Waals surface area contributed by atoms with Gasteiger partial charge in [0.05, 0.1) is 15.6 Å². The van der Waals surface area contributed by atoms with Crippen molar-refractivity contribution in [2.24, 2.45) is 0 Å². The van der Waals surface area contributed by atoms with Gasteiger partial charge in [0.15, 0.2) is 15.6 Å². The lowest BCUT2D eigenvalue weighted by molar-refractivity contribution is -0.137. The van der Waals surface area contributed by atoms with Crippen LogP contribution in [0.15, 0.2) is 41.3 Å². The van der Waals surface area contributed by atoms with E-state index in [1.54, 1.807) is 0 Å².